The van der Waals surface area contributed by atoms with Crippen LogP contribution >= 0.6 is 0 Å². The van der Waals surface area contributed by atoms with Gasteiger partial charge in [-0.15, -0.1) is 0 Å². The third-order valence-electron chi connectivity index (χ3n) is 3.83. The molecule has 1 atom stereocenters. The molecule has 0 saturated heterocycles. The SMILES string of the molecule is O=S(Nc1ccc(Oc2cccc3ccccc23)cc1)OCCCC(F)(F)F. The Balaban J connectivity index is 1.54. The molecule has 0 fully saturated rings. The molecule has 3 aromatic rings. The van der Waals surface area contributed by atoms with Crippen LogP contribution < -0.4 is 9.46 Å². The smallest absolute Gasteiger partial charge is 0.389 e. The largest absolute Gasteiger partial charge is 0.457 e. The zero-order valence-corrected chi connectivity index (χ0v) is 15.6. The van der Waals surface area contributed by atoms with Crippen LogP contribution in [0.3, 0.4) is 0 Å². The van der Waals surface area contributed by atoms with Gasteiger partial charge in [-0.25, -0.2) is 4.21 Å². The molecule has 0 spiro atoms. The lowest BCUT2D eigenvalue weighted by Crippen LogP contribution is -2.12. The molecule has 28 heavy (non-hydrogen) atoms. The number of hydrogen-bond acceptors (Lipinski definition) is 3. The van der Waals surface area contributed by atoms with Gasteiger partial charge in [0, 0.05) is 17.5 Å². The van der Waals surface area contributed by atoms with Gasteiger partial charge in [-0.2, -0.15) is 13.2 Å². The van der Waals surface area contributed by atoms with Gasteiger partial charge in [0.1, 0.15) is 11.5 Å². The quantitative estimate of drug-likeness (QED) is 0.466. The second kappa shape index (κ2) is 9.07. The number of fused-ring (bicyclic) bond motifs is 1. The van der Waals surface area contributed by atoms with E-state index in [4.69, 9.17) is 8.92 Å². The molecule has 0 bridgehead atoms. The van der Waals surface area contributed by atoms with Gasteiger partial charge < -0.3 is 4.74 Å². The molecule has 0 radical (unpaired) electrons. The van der Waals surface area contributed by atoms with Crippen LogP contribution in [-0.2, 0) is 15.4 Å². The van der Waals surface area contributed by atoms with Crippen molar-refractivity contribution in [3.05, 3.63) is 66.7 Å². The number of ether oxygens (including phenoxy) is 1. The second-order valence-corrected chi connectivity index (χ2v) is 6.89. The van der Waals surface area contributed by atoms with Crippen LogP contribution in [0.25, 0.3) is 10.8 Å². The van der Waals surface area contributed by atoms with Crippen molar-refractivity contribution >= 4 is 27.7 Å². The molecule has 4 nitrogen and oxygen atoms in total. The molecule has 3 rings (SSSR count). The Morgan fingerprint density at radius 1 is 0.929 bits per heavy atom. The van der Waals surface area contributed by atoms with Gasteiger partial charge in [-0.1, -0.05) is 36.4 Å². The zero-order valence-electron chi connectivity index (χ0n) is 14.7. The molecule has 0 aliphatic carbocycles. The van der Waals surface area contributed by atoms with Crippen molar-refractivity contribution in [1.82, 2.24) is 0 Å². The minimum atomic E-state index is -4.24. The lowest BCUT2D eigenvalue weighted by molar-refractivity contribution is -0.136. The maximum atomic E-state index is 12.0. The molecule has 148 valence electrons. The fourth-order valence-electron chi connectivity index (χ4n) is 2.54. The highest BCUT2D eigenvalue weighted by molar-refractivity contribution is 7.81. The summed E-state index contributed by atoms with van der Waals surface area (Å²) in [7, 11) is 0. The average Bonchev–Trinajstić information content (AvgIpc) is 2.66. The summed E-state index contributed by atoms with van der Waals surface area (Å²) in [5.74, 6) is 1.31. The lowest BCUT2D eigenvalue weighted by Gasteiger charge is -2.10. The molecule has 3 aromatic carbocycles. The maximum Gasteiger partial charge on any atom is 0.389 e. The Bertz CT molecular complexity index is 940. The Hall–Kier alpha value is -2.58. The van der Waals surface area contributed by atoms with Crippen molar-refractivity contribution in [1.29, 1.82) is 0 Å². The molecule has 0 heterocycles. The molecular weight excluding hydrogens is 391 g/mol. The van der Waals surface area contributed by atoms with E-state index in [-0.39, 0.29) is 13.0 Å². The predicted octanol–water partition coefficient (Wildman–Crippen LogP) is 5.98. The normalized spacial score (nSPS) is 12.7. The summed E-state index contributed by atoms with van der Waals surface area (Å²) < 4.78 is 61.2. The maximum absolute atomic E-state index is 12.0. The molecule has 0 aliphatic rings. The van der Waals surface area contributed by atoms with E-state index < -0.39 is 23.9 Å². The fraction of sp³-hybridized carbons (Fsp3) is 0.200. The summed E-state index contributed by atoms with van der Waals surface area (Å²) in [5, 5.41) is 2.05. The summed E-state index contributed by atoms with van der Waals surface area (Å²) in [4.78, 5) is 0. The van der Waals surface area contributed by atoms with Gasteiger partial charge in [-0.3, -0.25) is 8.91 Å². The Kier molecular flexibility index (Phi) is 6.53. The number of benzene rings is 3. The second-order valence-electron chi connectivity index (χ2n) is 5.98. The number of alkyl halides is 3. The minimum absolute atomic E-state index is 0.241. The number of rotatable bonds is 8. The van der Waals surface area contributed by atoms with E-state index in [0.717, 1.165) is 16.5 Å². The standard InChI is InChI=1S/C20H18F3NO3S/c21-20(22,23)13-4-14-26-28(25)24-16-9-11-17(12-10-16)27-19-8-3-6-15-5-1-2-7-18(15)19/h1-3,5-12,24H,4,13-14H2. The van der Waals surface area contributed by atoms with Crippen LogP contribution in [0.4, 0.5) is 18.9 Å². The molecule has 0 amide bonds. The Morgan fingerprint density at radius 2 is 1.64 bits per heavy atom. The number of halogens is 3. The molecule has 8 heteroatoms. The number of hydrogen-bond donors (Lipinski definition) is 1. The summed E-state index contributed by atoms with van der Waals surface area (Å²) in [5.41, 5.74) is 0.499. The van der Waals surface area contributed by atoms with E-state index in [1.54, 1.807) is 24.3 Å². The first kappa shape index (κ1) is 20.2. The van der Waals surface area contributed by atoms with Gasteiger partial charge in [0.15, 0.2) is 0 Å². The monoisotopic (exact) mass is 409 g/mol. The van der Waals surface area contributed by atoms with Crippen molar-refractivity contribution in [3.8, 4) is 11.5 Å². The first-order chi connectivity index (χ1) is 13.4. The summed E-state index contributed by atoms with van der Waals surface area (Å²) >= 11 is -1.92. The summed E-state index contributed by atoms with van der Waals surface area (Å²) in [6.45, 7) is -0.249. The molecule has 1 N–H and O–H groups in total. The van der Waals surface area contributed by atoms with Crippen molar-refractivity contribution in [2.75, 3.05) is 11.3 Å². The fourth-order valence-corrected chi connectivity index (χ4v) is 3.19. The Morgan fingerprint density at radius 3 is 2.39 bits per heavy atom. The van der Waals surface area contributed by atoms with Crippen LogP contribution in [0.5, 0.6) is 11.5 Å². The zero-order chi connectivity index (χ0) is 20.0. The van der Waals surface area contributed by atoms with Crippen molar-refractivity contribution < 1.29 is 26.3 Å². The van der Waals surface area contributed by atoms with E-state index in [1.807, 2.05) is 42.5 Å². The highest BCUT2D eigenvalue weighted by Crippen LogP contribution is 2.30. The first-order valence-electron chi connectivity index (χ1n) is 8.55. The highest BCUT2D eigenvalue weighted by atomic mass is 32.2. The third-order valence-corrected chi connectivity index (χ3v) is 4.61. The van der Waals surface area contributed by atoms with Gasteiger partial charge in [-0.05, 0) is 42.1 Å². The molecule has 1 unspecified atom stereocenters. The van der Waals surface area contributed by atoms with E-state index in [1.165, 1.54) is 0 Å². The molecular formula is C20H18F3NO3S. The molecule has 0 saturated carbocycles. The van der Waals surface area contributed by atoms with Gasteiger partial charge in [0.2, 0.25) is 0 Å². The topological polar surface area (TPSA) is 47.6 Å². The first-order valence-corrected chi connectivity index (χ1v) is 9.62. The van der Waals surface area contributed by atoms with Crippen LogP contribution in [0.1, 0.15) is 12.8 Å². The molecule has 0 aromatic heterocycles. The van der Waals surface area contributed by atoms with Crippen molar-refractivity contribution in [2.24, 2.45) is 0 Å². The van der Waals surface area contributed by atoms with Crippen LogP contribution in [0.2, 0.25) is 0 Å². The number of nitrogens with one attached hydrogen (secondary N) is 1. The van der Waals surface area contributed by atoms with Crippen LogP contribution in [0, 0.1) is 0 Å². The van der Waals surface area contributed by atoms with Gasteiger partial charge in [0.05, 0.1) is 6.61 Å². The summed E-state index contributed by atoms with van der Waals surface area (Å²) in [6.07, 6.45) is -5.45. The average molecular weight is 409 g/mol. The van der Waals surface area contributed by atoms with E-state index in [2.05, 4.69) is 4.72 Å². The Labute approximate surface area is 163 Å². The van der Waals surface area contributed by atoms with Crippen molar-refractivity contribution in [2.45, 2.75) is 19.0 Å². The van der Waals surface area contributed by atoms with Crippen LogP contribution in [0.15, 0.2) is 66.7 Å². The third kappa shape index (κ3) is 5.97. The molecule has 0 aliphatic heterocycles. The van der Waals surface area contributed by atoms with Crippen LogP contribution in [-0.4, -0.2) is 17.0 Å². The van der Waals surface area contributed by atoms with E-state index in [0.29, 0.717) is 11.4 Å². The van der Waals surface area contributed by atoms with Gasteiger partial charge >= 0.3 is 6.18 Å². The summed E-state index contributed by atoms with van der Waals surface area (Å²) in [6, 6.07) is 20.3. The lowest BCUT2D eigenvalue weighted by atomic mass is 10.1. The van der Waals surface area contributed by atoms with E-state index in [9.17, 15) is 17.4 Å². The highest BCUT2D eigenvalue weighted by Gasteiger charge is 2.26. The number of anilines is 1. The van der Waals surface area contributed by atoms with Gasteiger partial charge in [0.25, 0.3) is 11.3 Å². The van der Waals surface area contributed by atoms with Crippen molar-refractivity contribution in [3.63, 3.8) is 0 Å². The predicted molar refractivity (Wildman–Crippen MR) is 103 cm³/mol. The minimum Gasteiger partial charge on any atom is -0.457 e. The van der Waals surface area contributed by atoms with E-state index >= 15 is 0 Å².